The molecule has 3 aromatic rings. The molecule has 7 nitrogen and oxygen atoms in total. The lowest BCUT2D eigenvalue weighted by Crippen LogP contribution is -2.54. The number of sulfonamides is 1. The van der Waals surface area contributed by atoms with Gasteiger partial charge < -0.3 is 10.2 Å². The Morgan fingerprint density at radius 3 is 2.08 bits per heavy atom. The van der Waals surface area contributed by atoms with E-state index in [0.29, 0.717) is 10.6 Å². The third kappa shape index (κ3) is 7.55. The van der Waals surface area contributed by atoms with Gasteiger partial charge in [0.25, 0.3) is 10.0 Å². The number of carbonyl (C=O) groups excluding carboxylic acids is 2. The van der Waals surface area contributed by atoms with Gasteiger partial charge in [-0.2, -0.15) is 0 Å². The first-order chi connectivity index (χ1) is 17.8. The first-order valence-electron chi connectivity index (χ1n) is 12.0. The van der Waals surface area contributed by atoms with E-state index in [9.17, 15) is 22.4 Å². The summed E-state index contributed by atoms with van der Waals surface area (Å²) in [5, 5.41) is 3.38. The van der Waals surface area contributed by atoms with Crippen LogP contribution in [0.2, 0.25) is 5.02 Å². The molecule has 0 radical (unpaired) electrons. The minimum atomic E-state index is -4.20. The molecule has 0 bridgehead atoms. The Kier molecular flexibility index (Phi) is 9.17. The lowest BCUT2D eigenvalue weighted by molar-refractivity contribution is -0.140. The number of nitrogens with one attached hydrogen (secondary N) is 1. The summed E-state index contributed by atoms with van der Waals surface area (Å²) in [6.07, 6.45) is 0. The molecule has 0 unspecified atom stereocenters. The van der Waals surface area contributed by atoms with Crippen LogP contribution in [0.15, 0.2) is 83.8 Å². The van der Waals surface area contributed by atoms with Gasteiger partial charge in [0.05, 0.1) is 10.6 Å². The van der Waals surface area contributed by atoms with Crippen molar-refractivity contribution in [3.8, 4) is 0 Å². The van der Waals surface area contributed by atoms with Gasteiger partial charge >= 0.3 is 0 Å². The molecule has 0 saturated heterocycles. The highest BCUT2D eigenvalue weighted by atomic mass is 35.5. The highest BCUT2D eigenvalue weighted by molar-refractivity contribution is 7.92. The molecular weight excluding hydrogens is 529 g/mol. The number of halogens is 2. The Morgan fingerprint density at radius 1 is 0.947 bits per heavy atom. The molecule has 0 aliphatic carbocycles. The number of anilines is 1. The van der Waals surface area contributed by atoms with Gasteiger partial charge in [0.2, 0.25) is 11.8 Å². The summed E-state index contributed by atoms with van der Waals surface area (Å²) in [6.45, 7) is 6.49. The zero-order valence-electron chi connectivity index (χ0n) is 21.7. The van der Waals surface area contributed by atoms with Gasteiger partial charge in [-0.1, -0.05) is 41.9 Å². The van der Waals surface area contributed by atoms with E-state index in [0.717, 1.165) is 16.4 Å². The zero-order valence-corrected chi connectivity index (χ0v) is 23.3. The Balaban J connectivity index is 2.01. The molecule has 0 aliphatic heterocycles. The molecule has 1 N–H and O–H groups in total. The van der Waals surface area contributed by atoms with Crippen LogP contribution in [0.3, 0.4) is 0 Å². The third-order valence-corrected chi connectivity index (χ3v) is 7.70. The molecule has 2 amide bonds. The van der Waals surface area contributed by atoms with Crippen molar-refractivity contribution in [1.29, 1.82) is 0 Å². The molecule has 3 aromatic carbocycles. The SMILES string of the molecule is C[C@H](C(=O)NC(C)(C)C)N(Cc1ccc(Cl)cc1)C(=O)CN(c1ccc(F)cc1)S(=O)(=O)c1ccccc1. The number of carbonyl (C=O) groups is 2. The van der Waals surface area contributed by atoms with Crippen LogP contribution >= 0.6 is 11.6 Å². The second kappa shape index (κ2) is 12.0. The highest BCUT2D eigenvalue weighted by Gasteiger charge is 2.33. The van der Waals surface area contributed by atoms with Crippen LogP contribution in [0.25, 0.3) is 0 Å². The summed E-state index contributed by atoms with van der Waals surface area (Å²) >= 11 is 6.01. The van der Waals surface area contributed by atoms with Crippen molar-refractivity contribution < 1.29 is 22.4 Å². The maximum atomic E-state index is 13.8. The van der Waals surface area contributed by atoms with Crippen molar-refractivity contribution >= 4 is 39.1 Å². The molecule has 0 heterocycles. The van der Waals surface area contributed by atoms with Gasteiger partial charge in [-0.05, 0) is 81.8 Å². The maximum absolute atomic E-state index is 13.8. The van der Waals surface area contributed by atoms with Crippen LogP contribution in [0, 0.1) is 5.82 Å². The van der Waals surface area contributed by atoms with Gasteiger partial charge in [-0.25, -0.2) is 12.8 Å². The topological polar surface area (TPSA) is 86.8 Å². The summed E-state index contributed by atoms with van der Waals surface area (Å²) in [7, 11) is -4.20. The highest BCUT2D eigenvalue weighted by Crippen LogP contribution is 2.25. The number of hydrogen-bond acceptors (Lipinski definition) is 4. The minimum absolute atomic E-state index is 0.0279. The second-order valence-corrected chi connectivity index (χ2v) is 12.2. The van der Waals surface area contributed by atoms with Crippen LogP contribution in [0.1, 0.15) is 33.3 Å². The van der Waals surface area contributed by atoms with E-state index in [1.54, 1.807) is 49.4 Å². The number of amides is 2. The Morgan fingerprint density at radius 2 is 1.53 bits per heavy atom. The number of nitrogens with zero attached hydrogens (tertiary/aromatic N) is 2. The number of rotatable bonds is 9. The molecule has 0 aliphatic rings. The van der Waals surface area contributed by atoms with Crippen LogP contribution < -0.4 is 9.62 Å². The molecular formula is C28H31ClFN3O4S. The third-order valence-electron chi connectivity index (χ3n) is 5.66. The summed E-state index contributed by atoms with van der Waals surface area (Å²) in [5.74, 6) is -1.55. The zero-order chi connectivity index (χ0) is 28.1. The van der Waals surface area contributed by atoms with Gasteiger partial charge in [-0.3, -0.25) is 13.9 Å². The predicted octanol–water partition coefficient (Wildman–Crippen LogP) is 5.01. The fourth-order valence-electron chi connectivity index (χ4n) is 3.70. The molecule has 1 atom stereocenters. The maximum Gasteiger partial charge on any atom is 0.264 e. The van der Waals surface area contributed by atoms with Crippen LogP contribution in [0.5, 0.6) is 0 Å². The largest absolute Gasteiger partial charge is 0.350 e. The Bertz CT molecular complexity index is 1360. The Hall–Kier alpha value is -3.43. The van der Waals surface area contributed by atoms with Crippen molar-refractivity contribution in [2.24, 2.45) is 0 Å². The van der Waals surface area contributed by atoms with Crippen molar-refractivity contribution in [1.82, 2.24) is 10.2 Å². The number of benzene rings is 3. The molecule has 202 valence electrons. The van der Waals surface area contributed by atoms with Crippen LogP contribution in [0.4, 0.5) is 10.1 Å². The quantitative estimate of drug-likeness (QED) is 0.399. The van der Waals surface area contributed by atoms with Crippen LogP contribution in [-0.2, 0) is 26.2 Å². The molecule has 0 fully saturated rings. The van der Waals surface area contributed by atoms with Crippen molar-refractivity contribution in [2.45, 2.75) is 50.7 Å². The second-order valence-electron chi connectivity index (χ2n) is 9.86. The fourth-order valence-corrected chi connectivity index (χ4v) is 5.26. The average molecular weight is 560 g/mol. The van der Waals surface area contributed by atoms with Crippen molar-refractivity contribution in [3.05, 3.63) is 95.3 Å². The molecule has 0 aromatic heterocycles. The van der Waals surface area contributed by atoms with Gasteiger partial charge in [0, 0.05) is 17.1 Å². The van der Waals surface area contributed by atoms with E-state index in [2.05, 4.69) is 5.32 Å². The first-order valence-corrected chi connectivity index (χ1v) is 13.8. The lowest BCUT2D eigenvalue weighted by atomic mass is 10.1. The number of hydrogen-bond donors (Lipinski definition) is 1. The lowest BCUT2D eigenvalue weighted by Gasteiger charge is -2.33. The van der Waals surface area contributed by atoms with Crippen molar-refractivity contribution in [3.63, 3.8) is 0 Å². The van der Waals surface area contributed by atoms with E-state index in [1.165, 1.54) is 29.2 Å². The predicted molar refractivity (Wildman–Crippen MR) is 147 cm³/mol. The minimum Gasteiger partial charge on any atom is -0.350 e. The molecule has 10 heteroatoms. The van der Waals surface area contributed by atoms with E-state index in [-0.39, 0.29) is 23.0 Å². The normalized spacial score (nSPS) is 12.5. The smallest absolute Gasteiger partial charge is 0.264 e. The van der Waals surface area contributed by atoms with E-state index in [4.69, 9.17) is 11.6 Å². The van der Waals surface area contributed by atoms with Gasteiger partial charge in [0.1, 0.15) is 18.4 Å². The molecule has 0 saturated carbocycles. The van der Waals surface area contributed by atoms with E-state index >= 15 is 0 Å². The Labute approximate surface area is 228 Å². The van der Waals surface area contributed by atoms with Crippen LogP contribution in [-0.4, -0.2) is 43.3 Å². The van der Waals surface area contributed by atoms with E-state index < -0.39 is 39.9 Å². The van der Waals surface area contributed by atoms with Gasteiger partial charge in [0.15, 0.2) is 0 Å². The standard InChI is InChI=1S/C28H31ClFN3O4S/c1-20(27(35)31-28(2,3)4)32(18-21-10-12-22(29)13-11-21)26(34)19-33(24-16-14-23(30)15-17-24)38(36,37)25-8-6-5-7-9-25/h5-17,20H,18-19H2,1-4H3,(H,31,35)/t20-/m1/s1. The first kappa shape index (κ1) is 29.1. The average Bonchev–Trinajstić information content (AvgIpc) is 2.86. The molecule has 38 heavy (non-hydrogen) atoms. The molecule has 0 spiro atoms. The summed E-state index contributed by atoms with van der Waals surface area (Å²) in [5.41, 5.74) is 0.274. The van der Waals surface area contributed by atoms with Crippen molar-refractivity contribution in [2.75, 3.05) is 10.8 Å². The van der Waals surface area contributed by atoms with E-state index in [1.807, 2.05) is 20.8 Å². The monoisotopic (exact) mass is 559 g/mol. The summed E-state index contributed by atoms with van der Waals surface area (Å²) < 4.78 is 41.8. The fraction of sp³-hybridized carbons (Fsp3) is 0.286. The summed E-state index contributed by atoms with van der Waals surface area (Å²) in [6, 6.07) is 18.4. The van der Waals surface area contributed by atoms with Gasteiger partial charge in [-0.15, -0.1) is 0 Å². The summed E-state index contributed by atoms with van der Waals surface area (Å²) in [4.78, 5) is 28.1. The molecule has 3 rings (SSSR count).